The normalized spacial score (nSPS) is 11.6. The van der Waals surface area contributed by atoms with Crippen LogP contribution in [-0.4, -0.2) is 8.42 Å². The summed E-state index contributed by atoms with van der Waals surface area (Å²) in [5, 5.41) is 0. The Balaban J connectivity index is 2.19. The van der Waals surface area contributed by atoms with Crippen molar-refractivity contribution in [2.45, 2.75) is 32.2 Å². The SMILES string of the molecule is Cc1ccc(S(=O)(=O)NCc2cc(C)c(Br)cc2C)cc1. The maximum Gasteiger partial charge on any atom is 0.240 e. The predicted molar refractivity (Wildman–Crippen MR) is 88.8 cm³/mol. The minimum atomic E-state index is -3.48. The minimum Gasteiger partial charge on any atom is -0.207 e. The van der Waals surface area contributed by atoms with Gasteiger partial charge in [0.05, 0.1) is 4.90 Å². The molecule has 0 amide bonds. The highest BCUT2D eigenvalue weighted by atomic mass is 79.9. The molecule has 2 aromatic rings. The predicted octanol–water partition coefficient (Wildman–Crippen LogP) is 3.85. The average molecular weight is 368 g/mol. The highest BCUT2D eigenvalue weighted by molar-refractivity contribution is 9.10. The monoisotopic (exact) mass is 367 g/mol. The molecule has 3 nitrogen and oxygen atoms in total. The van der Waals surface area contributed by atoms with E-state index < -0.39 is 10.0 Å². The lowest BCUT2D eigenvalue weighted by Crippen LogP contribution is -2.23. The average Bonchev–Trinajstić information content (AvgIpc) is 2.42. The zero-order valence-corrected chi connectivity index (χ0v) is 14.7. The Kier molecular flexibility index (Phi) is 4.86. The molecule has 0 unspecified atom stereocenters. The van der Waals surface area contributed by atoms with Crippen molar-refractivity contribution < 1.29 is 8.42 Å². The van der Waals surface area contributed by atoms with Gasteiger partial charge in [-0.3, -0.25) is 0 Å². The van der Waals surface area contributed by atoms with Gasteiger partial charge in [0.15, 0.2) is 0 Å². The summed E-state index contributed by atoms with van der Waals surface area (Å²) in [5.41, 5.74) is 4.16. The van der Waals surface area contributed by atoms with Crippen LogP contribution in [0.25, 0.3) is 0 Å². The lowest BCUT2D eigenvalue weighted by Gasteiger charge is -2.11. The molecule has 0 bridgehead atoms. The largest absolute Gasteiger partial charge is 0.240 e. The van der Waals surface area contributed by atoms with E-state index in [0.717, 1.165) is 26.7 Å². The van der Waals surface area contributed by atoms with Gasteiger partial charge < -0.3 is 0 Å². The summed E-state index contributed by atoms with van der Waals surface area (Å²) in [6.45, 7) is 6.18. The molecular formula is C16H18BrNO2S. The second-order valence-electron chi connectivity index (χ2n) is 5.17. The van der Waals surface area contributed by atoms with Crippen LogP contribution in [0.5, 0.6) is 0 Å². The minimum absolute atomic E-state index is 0.288. The summed E-state index contributed by atoms with van der Waals surface area (Å²) < 4.78 is 28.2. The van der Waals surface area contributed by atoms with Crippen molar-refractivity contribution in [2.24, 2.45) is 0 Å². The van der Waals surface area contributed by atoms with Gasteiger partial charge in [-0.15, -0.1) is 0 Å². The van der Waals surface area contributed by atoms with Crippen LogP contribution in [0.4, 0.5) is 0 Å². The molecule has 21 heavy (non-hydrogen) atoms. The van der Waals surface area contributed by atoms with E-state index in [2.05, 4.69) is 20.7 Å². The van der Waals surface area contributed by atoms with Crippen molar-refractivity contribution in [1.29, 1.82) is 0 Å². The number of aryl methyl sites for hydroxylation is 3. The third kappa shape index (κ3) is 3.93. The topological polar surface area (TPSA) is 46.2 Å². The fourth-order valence-corrected chi connectivity index (χ4v) is 3.47. The number of benzene rings is 2. The van der Waals surface area contributed by atoms with Gasteiger partial charge in [0.25, 0.3) is 0 Å². The molecule has 0 fully saturated rings. The Hall–Kier alpha value is -1.17. The van der Waals surface area contributed by atoms with Crippen LogP contribution in [0.15, 0.2) is 45.8 Å². The first-order valence-electron chi connectivity index (χ1n) is 6.61. The molecule has 0 aliphatic carbocycles. The van der Waals surface area contributed by atoms with Crippen LogP contribution >= 0.6 is 15.9 Å². The molecule has 0 aliphatic heterocycles. The number of sulfonamides is 1. The van der Waals surface area contributed by atoms with Gasteiger partial charge in [0.1, 0.15) is 0 Å². The highest BCUT2D eigenvalue weighted by Crippen LogP contribution is 2.21. The first-order chi connectivity index (χ1) is 9.79. The molecule has 0 heterocycles. The van der Waals surface area contributed by atoms with Crippen LogP contribution in [0, 0.1) is 20.8 Å². The molecule has 0 saturated carbocycles. The number of rotatable bonds is 4. The molecule has 5 heteroatoms. The first-order valence-corrected chi connectivity index (χ1v) is 8.89. The van der Waals surface area contributed by atoms with Crippen LogP contribution in [0.3, 0.4) is 0 Å². The van der Waals surface area contributed by atoms with Crippen LogP contribution < -0.4 is 4.72 Å². The maximum atomic E-state index is 12.3. The molecule has 0 atom stereocenters. The third-order valence-corrected chi connectivity index (χ3v) is 5.67. The second kappa shape index (κ2) is 6.30. The summed E-state index contributed by atoms with van der Waals surface area (Å²) >= 11 is 3.48. The van der Waals surface area contributed by atoms with Gasteiger partial charge in [0.2, 0.25) is 10.0 Å². The molecule has 0 aromatic heterocycles. The molecule has 2 rings (SSSR count). The van der Waals surface area contributed by atoms with E-state index in [4.69, 9.17) is 0 Å². The standard InChI is InChI=1S/C16H18BrNO2S/c1-11-4-6-15(7-5-11)21(19,20)18-10-14-8-13(3)16(17)9-12(14)2/h4-9,18H,10H2,1-3H3. The van der Waals surface area contributed by atoms with Crippen LogP contribution in [-0.2, 0) is 16.6 Å². The smallest absolute Gasteiger partial charge is 0.207 e. The van der Waals surface area contributed by atoms with Crippen molar-refractivity contribution in [3.63, 3.8) is 0 Å². The van der Waals surface area contributed by atoms with Crippen molar-refractivity contribution >= 4 is 26.0 Å². The van der Waals surface area contributed by atoms with Crippen molar-refractivity contribution in [1.82, 2.24) is 4.72 Å². The molecule has 0 aliphatic rings. The Bertz CT molecular complexity index is 753. The van der Waals surface area contributed by atoms with Crippen LogP contribution in [0.2, 0.25) is 0 Å². The fourth-order valence-electron chi connectivity index (χ4n) is 2.00. The van der Waals surface area contributed by atoms with E-state index in [-0.39, 0.29) is 6.54 Å². The van der Waals surface area contributed by atoms with Gasteiger partial charge in [0, 0.05) is 11.0 Å². The van der Waals surface area contributed by atoms with Gasteiger partial charge in [-0.25, -0.2) is 13.1 Å². The second-order valence-corrected chi connectivity index (χ2v) is 7.79. The van der Waals surface area contributed by atoms with Crippen molar-refractivity contribution in [3.05, 3.63) is 63.1 Å². The quantitative estimate of drug-likeness (QED) is 0.891. The van der Waals surface area contributed by atoms with E-state index in [1.807, 2.05) is 32.9 Å². The van der Waals surface area contributed by atoms with Gasteiger partial charge >= 0.3 is 0 Å². The zero-order chi connectivity index (χ0) is 15.6. The Morgan fingerprint density at radius 1 is 1.00 bits per heavy atom. The Labute approximate surface area is 134 Å². The number of hydrogen-bond acceptors (Lipinski definition) is 2. The van der Waals surface area contributed by atoms with E-state index in [1.54, 1.807) is 24.3 Å². The van der Waals surface area contributed by atoms with Crippen molar-refractivity contribution in [2.75, 3.05) is 0 Å². The first kappa shape index (κ1) is 16.2. The molecule has 1 N–H and O–H groups in total. The number of nitrogens with one attached hydrogen (secondary N) is 1. The van der Waals surface area contributed by atoms with E-state index in [1.165, 1.54) is 0 Å². The van der Waals surface area contributed by atoms with E-state index >= 15 is 0 Å². The number of halogens is 1. The van der Waals surface area contributed by atoms with Gasteiger partial charge in [-0.2, -0.15) is 0 Å². The fraction of sp³-hybridized carbons (Fsp3) is 0.250. The summed E-state index contributed by atoms with van der Waals surface area (Å²) in [6, 6.07) is 10.8. The molecule has 0 saturated heterocycles. The third-order valence-electron chi connectivity index (χ3n) is 3.40. The Morgan fingerprint density at radius 3 is 2.24 bits per heavy atom. The molecule has 0 radical (unpaired) electrons. The van der Waals surface area contributed by atoms with Gasteiger partial charge in [-0.05, 0) is 55.7 Å². The zero-order valence-electron chi connectivity index (χ0n) is 12.3. The molecule has 2 aromatic carbocycles. The summed E-state index contributed by atoms with van der Waals surface area (Å²) in [4.78, 5) is 0.291. The summed E-state index contributed by atoms with van der Waals surface area (Å²) in [5.74, 6) is 0. The lowest BCUT2D eigenvalue weighted by molar-refractivity contribution is 0.581. The van der Waals surface area contributed by atoms with Crippen molar-refractivity contribution in [3.8, 4) is 0 Å². The highest BCUT2D eigenvalue weighted by Gasteiger charge is 2.14. The molecule has 112 valence electrons. The van der Waals surface area contributed by atoms with E-state index in [9.17, 15) is 8.42 Å². The summed E-state index contributed by atoms with van der Waals surface area (Å²) in [6.07, 6.45) is 0. The summed E-state index contributed by atoms with van der Waals surface area (Å²) in [7, 11) is -3.48. The van der Waals surface area contributed by atoms with E-state index in [0.29, 0.717) is 4.90 Å². The molecule has 0 spiro atoms. The Morgan fingerprint density at radius 2 is 1.62 bits per heavy atom. The van der Waals surface area contributed by atoms with Gasteiger partial charge in [-0.1, -0.05) is 39.7 Å². The number of hydrogen-bond donors (Lipinski definition) is 1. The molecular weight excluding hydrogens is 350 g/mol. The van der Waals surface area contributed by atoms with Crippen LogP contribution in [0.1, 0.15) is 22.3 Å². The maximum absolute atomic E-state index is 12.3. The lowest BCUT2D eigenvalue weighted by atomic mass is 10.1.